The smallest absolute Gasteiger partial charge is 0.270 e. The monoisotopic (exact) mass is 262 g/mol. The first kappa shape index (κ1) is 12.5. The molecule has 2 aromatic heterocycles. The van der Waals surface area contributed by atoms with E-state index in [1.54, 1.807) is 36.7 Å². The molecule has 2 N–H and O–H groups in total. The molecule has 0 aliphatic heterocycles. The number of carbonyl (C=O) groups excluding carboxylic acids is 1. The van der Waals surface area contributed by atoms with Gasteiger partial charge in [-0.25, -0.2) is 9.97 Å². The number of aromatic nitrogens is 2. The lowest BCUT2D eigenvalue weighted by atomic mass is 10.3. The van der Waals surface area contributed by atoms with Gasteiger partial charge < -0.3 is 10.6 Å². The van der Waals surface area contributed by atoms with Crippen LogP contribution in [-0.2, 0) is 6.54 Å². The van der Waals surface area contributed by atoms with E-state index in [1.165, 1.54) is 0 Å². The number of nitrogens with one attached hydrogen (secondary N) is 2. The highest BCUT2D eigenvalue weighted by Gasteiger charge is 2.08. The molecule has 5 nitrogen and oxygen atoms in total. The molecule has 0 atom stereocenters. The number of anilines is 1. The zero-order valence-corrected chi connectivity index (χ0v) is 11.0. The van der Waals surface area contributed by atoms with Crippen LogP contribution in [0, 0.1) is 6.92 Å². The summed E-state index contributed by atoms with van der Waals surface area (Å²) < 4.78 is 0. The molecule has 2 heterocycles. The minimum Gasteiger partial charge on any atom is -0.373 e. The summed E-state index contributed by atoms with van der Waals surface area (Å²) in [6.07, 6.45) is 1.78. The average molecular weight is 262 g/mol. The minimum absolute atomic E-state index is 0.182. The molecule has 6 heteroatoms. The highest BCUT2D eigenvalue weighted by molar-refractivity contribution is 7.11. The third-order valence-corrected chi connectivity index (χ3v) is 3.24. The normalized spacial score (nSPS) is 10.1. The second kappa shape index (κ2) is 5.59. The van der Waals surface area contributed by atoms with E-state index in [0.29, 0.717) is 18.1 Å². The predicted molar refractivity (Wildman–Crippen MR) is 71.8 cm³/mol. The Kier molecular flexibility index (Phi) is 3.88. The van der Waals surface area contributed by atoms with Crippen molar-refractivity contribution in [1.82, 2.24) is 15.3 Å². The van der Waals surface area contributed by atoms with Crippen LogP contribution in [0.2, 0.25) is 0 Å². The first-order valence-corrected chi connectivity index (χ1v) is 6.35. The van der Waals surface area contributed by atoms with Crippen molar-refractivity contribution in [2.24, 2.45) is 0 Å². The SMILES string of the molecule is CNc1cccc(C(=O)NCc2cnc(C)s2)n1. The topological polar surface area (TPSA) is 66.9 Å². The van der Waals surface area contributed by atoms with Crippen molar-refractivity contribution in [2.75, 3.05) is 12.4 Å². The molecule has 2 rings (SSSR count). The average Bonchev–Trinajstić information content (AvgIpc) is 2.82. The Morgan fingerprint density at radius 3 is 2.94 bits per heavy atom. The summed E-state index contributed by atoms with van der Waals surface area (Å²) in [6.45, 7) is 2.42. The lowest BCUT2D eigenvalue weighted by molar-refractivity contribution is 0.0946. The number of carbonyl (C=O) groups is 1. The Morgan fingerprint density at radius 2 is 2.28 bits per heavy atom. The summed E-state index contributed by atoms with van der Waals surface area (Å²) in [5, 5.41) is 6.72. The van der Waals surface area contributed by atoms with E-state index in [9.17, 15) is 4.79 Å². The van der Waals surface area contributed by atoms with Gasteiger partial charge >= 0.3 is 0 Å². The van der Waals surface area contributed by atoms with E-state index in [1.807, 2.05) is 13.0 Å². The zero-order valence-electron chi connectivity index (χ0n) is 10.2. The molecule has 0 saturated heterocycles. The van der Waals surface area contributed by atoms with Gasteiger partial charge in [-0.3, -0.25) is 4.79 Å². The summed E-state index contributed by atoms with van der Waals surface area (Å²) in [6, 6.07) is 5.29. The molecule has 0 radical (unpaired) electrons. The second-order valence-corrected chi connectivity index (χ2v) is 5.01. The van der Waals surface area contributed by atoms with E-state index in [4.69, 9.17) is 0 Å². The number of thiazole rings is 1. The fourth-order valence-corrected chi connectivity index (χ4v) is 2.18. The van der Waals surface area contributed by atoms with Crippen molar-refractivity contribution in [3.63, 3.8) is 0 Å². The second-order valence-electron chi connectivity index (χ2n) is 3.69. The molecule has 0 aliphatic rings. The summed E-state index contributed by atoms with van der Waals surface area (Å²) in [5.74, 6) is 0.495. The largest absolute Gasteiger partial charge is 0.373 e. The predicted octanol–water partition coefficient (Wildman–Crippen LogP) is 1.82. The molecule has 2 aromatic rings. The van der Waals surface area contributed by atoms with Crippen LogP contribution in [0.4, 0.5) is 5.82 Å². The summed E-state index contributed by atoms with van der Waals surface area (Å²) >= 11 is 1.57. The number of hydrogen-bond acceptors (Lipinski definition) is 5. The fraction of sp³-hybridized carbons (Fsp3) is 0.250. The Balaban J connectivity index is 1.99. The van der Waals surface area contributed by atoms with E-state index in [0.717, 1.165) is 9.88 Å². The first-order valence-electron chi connectivity index (χ1n) is 5.53. The van der Waals surface area contributed by atoms with Gasteiger partial charge in [0.15, 0.2) is 0 Å². The molecule has 0 aromatic carbocycles. The van der Waals surface area contributed by atoms with Crippen LogP contribution in [0.1, 0.15) is 20.4 Å². The van der Waals surface area contributed by atoms with Gasteiger partial charge in [-0.15, -0.1) is 11.3 Å². The first-order chi connectivity index (χ1) is 8.69. The van der Waals surface area contributed by atoms with Gasteiger partial charge in [-0.2, -0.15) is 0 Å². The number of hydrogen-bond donors (Lipinski definition) is 2. The number of nitrogens with zero attached hydrogens (tertiary/aromatic N) is 2. The molecule has 0 aliphatic carbocycles. The van der Waals surface area contributed by atoms with Crippen LogP contribution < -0.4 is 10.6 Å². The van der Waals surface area contributed by atoms with Gasteiger partial charge in [0.1, 0.15) is 11.5 Å². The van der Waals surface area contributed by atoms with Gasteiger partial charge in [-0.05, 0) is 19.1 Å². The van der Waals surface area contributed by atoms with Gasteiger partial charge in [0.05, 0.1) is 11.6 Å². The fourth-order valence-electron chi connectivity index (χ4n) is 1.45. The van der Waals surface area contributed by atoms with Crippen LogP contribution in [0.15, 0.2) is 24.4 Å². The van der Waals surface area contributed by atoms with Gasteiger partial charge in [0.2, 0.25) is 0 Å². The maximum absolute atomic E-state index is 11.9. The van der Waals surface area contributed by atoms with Crippen molar-refractivity contribution >= 4 is 23.1 Å². The molecule has 0 bridgehead atoms. The van der Waals surface area contributed by atoms with E-state index < -0.39 is 0 Å². The highest BCUT2D eigenvalue weighted by Crippen LogP contribution is 2.11. The van der Waals surface area contributed by atoms with Crippen LogP contribution in [0.25, 0.3) is 0 Å². The van der Waals surface area contributed by atoms with Crippen LogP contribution in [0.3, 0.4) is 0 Å². The Hall–Kier alpha value is -1.95. The quantitative estimate of drug-likeness (QED) is 0.882. The molecule has 0 saturated carbocycles. The molecule has 94 valence electrons. The van der Waals surface area contributed by atoms with Gasteiger partial charge in [0, 0.05) is 18.1 Å². The van der Waals surface area contributed by atoms with E-state index in [-0.39, 0.29) is 5.91 Å². The Morgan fingerprint density at radius 1 is 1.44 bits per heavy atom. The number of amides is 1. The summed E-state index contributed by atoms with van der Waals surface area (Å²) in [4.78, 5) is 21.2. The van der Waals surface area contributed by atoms with Gasteiger partial charge in [-0.1, -0.05) is 6.07 Å². The van der Waals surface area contributed by atoms with Crippen molar-refractivity contribution in [3.05, 3.63) is 40.0 Å². The molecule has 0 unspecified atom stereocenters. The molecule has 1 amide bonds. The molecular formula is C12H14N4OS. The summed E-state index contributed by atoms with van der Waals surface area (Å²) in [5.41, 5.74) is 0.406. The van der Waals surface area contributed by atoms with E-state index in [2.05, 4.69) is 20.6 Å². The van der Waals surface area contributed by atoms with Crippen molar-refractivity contribution in [2.45, 2.75) is 13.5 Å². The molecular weight excluding hydrogens is 248 g/mol. The lowest BCUT2D eigenvalue weighted by Gasteiger charge is -2.04. The maximum atomic E-state index is 11.9. The number of pyridine rings is 1. The Bertz CT molecular complexity index is 553. The molecule has 0 spiro atoms. The number of aryl methyl sites for hydroxylation is 1. The van der Waals surface area contributed by atoms with Crippen LogP contribution in [0.5, 0.6) is 0 Å². The van der Waals surface area contributed by atoms with E-state index >= 15 is 0 Å². The van der Waals surface area contributed by atoms with Crippen molar-refractivity contribution in [1.29, 1.82) is 0 Å². The molecule has 18 heavy (non-hydrogen) atoms. The third-order valence-electron chi connectivity index (χ3n) is 2.33. The van der Waals surface area contributed by atoms with Gasteiger partial charge in [0.25, 0.3) is 5.91 Å². The minimum atomic E-state index is -0.182. The lowest BCUT2D eigenvalue weighted by Crippen LogP contribution is -2.23. The summed E-state index contributed by atoms with van der Waals surface area (Å²) in [7, 11) is 1.77. The zero-order chi connectivity index (χ0) is 13.0. The van der Waals surface area contributed by atoms with Crippen molar-refractivity contribution < 1.29 is 4.79 Å². The Labute approximate surface area is 109 Å². The highest BCUT2D eigenvalue weighted by atomic mass is 32.1. The standard InChI is InChI=1S/C12H14N4OS/c1-8-14-6-9(18-8)7-15-12(17)10-4-3-5-11(13-2)16-10/h3-6H,7H2,1-2H3,(H,13,16)(H,15,17). The van der Waals surface area contributed by atoms with Crippen molar-refractivity contribution in [3.8, 4) is 0 Å². The molecule has 0 fully saturated rings. The van der Waals surface area contributed by atoms with Crippen LogP contribution in [-0.4, -0.2) is 22.9 Å². The third kappa shape index (κ3) is 3.04. The maximum Gasteiger partial charge on any atom is 0.270 e. The van der Waals surface area contributed by atoms with Crippen LogP contribution >= 0.6 is 11.3 Å². The number of rotatable bonds is 4.